The number of hydrogen-bond acceptors (Lipinski definition) is 4. The number of carboxylic acid groups (broad SMARTS) is 1. The summed E-state index contributed by atoms with van der Waals surface area (Å²) in [5, 5.41) is 20.7. The summed E-state index contributed by atoms with van der Waals surface area (Å²) >= 11 is 6.13. The summed E-state index contributed by atoms with van der Waals surface area (Å²) in [6, 6.07) is 6.37. The van der Waals surface area contributed by atoms with Crippen molar-refractivity contribution in [3.05, 3.63) is 39.4 Å². The van der Waals surface area contributed by atoms with Crippen LogP contribution in [0.25, 0.3) is 10.9 Å². The third-order valence-corrected chi connectivity index (χ3v) is 3.97. The summed E-state index contributed by atoms with van der Waals surface area (Å²) in [6.45, 7) is 2.07. The fraction of sp³-hybridized carbons (Fsp3) is 0.375. The predicted octanol–water partition coefficient (Wildman–Crippen LogP) is 3.07. The molecule has 2 N–H and O–H groups in total. The molecule has 0 radical (unpaired) electrons. The second-order valence-electron chi connectivity index (χ2n) is 5.23. The topological polar surface area (TPSA) is 108 Å². The molecule has 0 aliphatic carbocycles. The molecule has 0 saturated carbocycles. The van der Waals surface area contributed by atoms with Crippen molar-refractivity contribution in [1.29, 1.82) is 5.26 Å². The monoisotopic (exact) mass is 348 g/mol. The van der Waals surface area contributed by atoms with Gasteiger partial charge in [-0.15, -0.1) is 0 Å². The summed E-state index contributed by atoms with van der Waals surface area (Å²) in [4.78, 5) is 28.3. The standard InChI is InChI=1S/C16H17ClN4O3/c1-2-11(20-16(23)24)14-19-12-7-5-6-10(17)13(12)15(22)21(14)9-4-3-8-18/h5-7,11,20H,2-4,9H2,1H3,(H,23,24). The van der Waals surface area contributed by atoms with E-state index in [1.165, 1.54) is 4.57 Å². The highest BCUT2D eigenvalue weighted by Crippen LogP contribution is 2.22. The highest BCUT2D eigenvalue weighted by molar-refractivity contribution is 6.35. The molecule has 2 rings (SSSR count). The van der Waals surface area contributed by atoms with Crippen molar-refractivity contribution in [1.82, 2.24) is 14.9 Å². The SMILES string of the molecule is CCC(NC(=O)O)c1nc2cccc(Cl)c2c(=O)n1CCCC#N. The van der Waals surface area contributed by atoms with E-state index in [1.54, 1.807) is 25.1 Å². The fourth-order valence-electron chi connectivity index (χ4n) is 2.54. The average Bonchev–Trinajstić information content (AvgIpc) is 2.54. The molecular weight excluding hydrogens is 332 g/mol. The molecule has 8 heteroatoms. The molecule has 1 atom stereocenters. The van der Waals surface area contributed by atoms with Crippen LogP contribution >= 0.6 is 11.6 Å². The zero-order chi connectivity index (χ0) is 17.7. The number of aromatic nitrogens is 2. The van der Waals surface area contributed by atoms with Crippen molar-refractivity contribution in [2.45, 2.75) is 38.8 Å². The normalized spacial score (nSPS) is 11.9. The Bertz CT molecular complexity index is 857. The second kappa shape index (κ2) is 7.79. The van der Waals surface area contributed by atoms with Gasteiger partial charge in [-0.3, -0.25) is 9.36 Å². The summed E-state index contributed by atoms with van der Waals surface area (Å²) in [5.41, 5.74) is 0.0915. The van der Waals surface area contributed by atoms with Gasteiger partial charge in [-0.25, -0.2) is 9.78 Å². The Kier molecular flexibility index (Phi) is 5.77. The molecular formula is C16H17ClN4O3. The molecule has 1 unspecified atom stereocenters. The molecule has 0 bridgehead atoms. The molecule has 24 heavy (non-hydrogen) atoms. The molecule has 1 heterocycles. The van der Waals surface area contributed by atoms with Gasteiger partial charge in [0.05, 0.1) is 28.0 Å². The molecule has 0 fully saturated rings. The number of nitriles is 1. The largest absolute Gasteiger partial charge is 0.465 e. The third kappa shape index (κ3) is 3.66. The van der Waals surface area contributed by atoms with E-state index in [2.05, 4.69) is 10.3 Å². The smallest absolute Gasteiger partial charge is 0.405 e. The Morgan fingerprint density at radius 3 is 2.92 bits per heavy atom. The van der Waals surface area contributed by atoms with Crippen LogP contribution in [-0.2, 0) is 6.54 Å². The highest BCUT2D eigenvalue weighted by Gasteiger charge is 2.21. The summed E-state index contributed by atoms with van der Waals surface area (Å²) in [5.74, 6) is 0.331. The van der Waals surface area contributed by atoms with Gasteiger partial charge in [0, 0.05) is 13.0 Å². The lowest BCUT2D eigenvalue weighted by molar-refractivity contribution is 0.188. The molecule has 1 amide bonds. The lowest BCUT2D eigenvalue weighted by Gasteiger charge is -2.20. The molecule has 1 aromatic heterocycles. The first-order valence-electron chi connectivity index (χ1n) is 7.55. The van der Waals surface area contributed by atoms with Crippen LogP contribution < -0.4 is 10.9 Å². The number of rotatable bonds is 6. The Hall–Kier alpha value is -2.59. The van der Waals surface area contributed by atoms with E-state index in [-0.39, 0.29) is 18.5 Å². The Morgan fingerprint density at radius 1 is 1.54 bits per heavy atom. The van der Waals surface area contributed by atoms with Crippen molar-refractivity contribution < 1.29 is 9.90 Å². The maximum atomic E-state index is 12.9. The van der Waals surface area contributed by atoms with E-state index in [0.29, 0.717) is 34.6 Å². The van der Waals surface area contributed by atoms with Crippen LogP contribution in [0.2, 0.25) is 5.02 Å². The molecule has 7 nitrogen and oxygen atoms in total. The first-order valence-corrected chi connectivity index (χ1v) is 7.92. The minimum atomic E-state index is -1.19. The quantitative estimate of drug-likeness (QED) is 0.780. The van der Waals surface area contributed by atoms with Crippen molar-refractivity contribution in [2.75, 3.05) is 0 Å². The number of nitrogens with zero attached hydrogens (tertiary/aromatic N) is 3. The van der Waals surface area contributed by atoms with E-state index in [4.69, 9.17) is 22.0 Å². The zero-order valence-electron chi connectivity index (χ0n) is 13.1. The van der Waals surface area contributed by atoms with Gasteiger partial charge in [-0.2, -0.15) is 5.26 Å². The van der Waals surface area contributed by atoms with Gasteiger partial charge in [0.15, 0.2) is 0 Å². The number of carbonyl (C=O) groups is 1. The molecule has 126 valence electrons. The van der Waals surface area contributed by atoms with E-state index in [0.717, 1.165) is 0 Å². The number of amides is 1. The second-order valence-corrected chi connectivity index (χ2v) is 5.64. The van der Waals surface area contributed by atoms with Crippen LogP contribution in [0.4, 0.5) is 4.79 Å². The maximum Gasteiger partial charge on any atom is 0.405 e. The van der Waals surface area contributed by atoms with Gasteiger partial charge in [0.25, 0.3) is 5.56 Å². The third-order valence-electron chi connectivity index (χ3n) is 3.65. The first kappa shape index (κ1) is 17.8. The molecule has 0 spiro atoms. The Labute approximate surface area is 143 Å². The minimum absolute atomic E-state index is 0.272. The van der Waals surface area contributed by atoms with Crippen LogP contribution in [0, 0.1) is 11.3 Å². The van der Waals surface area contributed by atoms with Crippen molar-refractivity contribution >= 4 is 28.6 Å². The number of benzene rings is 1. The van der Waals surface area contributed by atoms with Crippen LogP contribution in [0.5, 0.6) is 0 Å². The van der Waals surface area contributed by atoms with Crippen LogP contribution in [0.3, 0.4) is 0 Å². The van der Waals surface area contributed by atoms with Gasteiger partial charge in [0.1, 0.15) is 5.82 Å². The van der Waals surface area contributed by atoms with E-state index in [9.17, 15) is 9.59 Å². The van der Waals surface area contributed by atoms with Gasteiger partial charge < -0.3 is 10.4 Å². The summed E-state index contributed by atoms with van der Waals surface area (Å²) < 4.78 is 1.41. The van der Waals surface area contributed by atoms with E-state index < -0.39 is 12.1 Å². The predicted molar refractivity (Wildman–Crippen MR) is 90.1 cm³/mol. The first-order chi connectivity index (χ1) is 11.5. The Morgan fingerprint density at radius 2 is 2.29 bits per heavy atom. The van der Waals surface area contributed by atoms with Crippen LogP contribution in [0.1, 0.15) is 38.1 Å². The minimum Gasteiger partial charge on any atom is -0.465 e. The van der Waals surface area contributed by atoms with Gasteiger partial charge in [-0.05, 0) is 25.0 Å². The van der Waals surface area contributed by atoms with Gasteiger partial charge in [0.2, 0.25) is 0 Å². The van der Waals surface area contributed by atoms with Crippen LogP contribution in [-0.4, -0.2) is 20.8 Å². The molecule has 0 aliphatic heterocycles. The lowest BCUT2D eigenvalue weighted by atomic mass is 10.1. The molecule has 1 aromatic carbocycles. The van der Waals surface area contributed by atoms with Gasteiger partial charge >= 0.3 is 6.09 Å². The zero-order valence-corrected chi connectivity index (χ0v) is 13.9. The number of hydrogen-bond donors (Lipinski definition) is 2. The number of fused-ring (bicyclic) bond motifs is 1. The molecule has 0 saturated heterocycles. The maximum absolute atomic E-state index is 12.9. The van der Waals surface area contributed by atoms with E-state index in [1.807, 2.05) is 6.07 Å². The van der Waals surface area contributed by atoms with E-state index >= 15 is 0 Å². The van der Waals surface area contributed by atoms with Gasteiger partial charge in [-0.1, -0.05) is 24.6 Å². The van der Waals surface area contributed by atoms with Crippen molar-refractivity contribution in [3.63, 3.8) is 0 Å². The average molecular weight is 349 g/mol. The molecule has 2 aromatic rings. The lowest BCUT2D eigenvalue weighted by Crippen LogP contribution is -2.34. The van der Waals surface area contributed by atoms with Crippen molar-refractivity contribution in [2.24, 2.45) is 0 Å². The van der Waals surface area contributed by atoms with Crippen LogP contribution in [0.15, 0.2) is 23.0 Å². The highest BCUT2D eigenvalue weighted by atomic mass is 35.5. The number of unbranched alkanes of at least 4 members (excludes halogenated alkanes) is 1. The Balaban J connectivity index is 2.66. The number of halogens is 1. The van der Waals surface area contributed by atoms with Crippen molar-refractivity contribution in [3.8, 4) is 6.07 Å². The fourth-order valence-corrected chi connectivity index (χ4v) is 2.79. The summed E-state index contributed by atoms with van der Waals surface area (Å²) in [7, 11) is 0. The number of nitrogens with one attached hydrogen (secondary N) is 1. The summed E-state index contributed by atoms with van der Waals surface area (Å²) in [6.07, 6.45) is -0.00528. The molecule has 0 aliphatic rings.